The number of nitrogens with zero attached hydrogens (tertiary/aromatic N) is 2. The van der Waals surface area contributed by atoms with Crippen LogP contribution in [-0.2, 0) is 27.3 Å². The number of carbonyl (C=O) groups excluding carboxylic acids is 1. The van der Waals surface area contributed by atoms with E-state index in [1.165, 1.54) is 6.07 Å². The van der Waals surface area contributed by atoms with Gasteiger partial charge in [-0.15, -0.1) is 0 Å². The predicted octanol–water partition coefficient (Wildman–Crippen LogP) is 2.07. The van der Waals surface area contributed by atoms with E-state index in [0.29, 0.717) is 22.6 Å². The van der Waals surface area contributed by atoms with Gasteiger partial charge in [-0.3, -0.25) is 14.2 Å². The molecule has 1 aromatic heterocycles. The summed E-state index contributed by atoms with van der Waals surface area (Å²) >= 11 is 0. The highest BCUT2D eigenvalue weighted by atomic mass is 32.2. The Hall–Kier alpha value is -2.35. The molecule has 0 fully saturated rings. The number of aromatic nitrogens is 2. The zero-order valence-electron chi connectivity index (χ0n) is 14.3. The van der Waals surface area contributed by atoms with Crippen LogP contribution in [0.2, 0.25) is 0 Å². The fourth-order valence-electron chi connectivity index (χ4n) is 2.83. The molecule has 0 unspecified atom stereocenters. The molecular formula is C16H20N4O3S. The van der Waals surface area contributed by atoms with E-state index >= 15 is 0 Å². The summed E-state index contributed by atoms with van der Waals surface area (Å²) in [6.07, 6.45) is 0. The molecule has 128 valence electrons. The zero-order valence-corrected chi connectivity index (χ0v) is 15.1. The number of hydrogen-bond donors (Lipinski definition) is 2. The van der Waals surface area contributed by atoms with E-state index in [0.717, 1.165) is 5.69 Å². The molecule has 2 aromatic rings. The van der Waals surface area contributed by atoms with Crippen LogP contribution in [0.3, 0.4) is 0 Å². The molecule has 0 saturated heterocycles. The van der Waals surface area contributed by atoms with Gasteiger partial charge < -0.3 is 5.32 Å². The van der Waals surface area contributed by atoms with Crippen molar-refractivity contribution < 1.29 is 13.2 Å². The van der Waals surface area contributed by atoms with Crippen LogP contribution < -0.4 is 10.0 Å². The van der Waals surface area contributed by atoms with Crippen molar-refractivity contribution >= 4 is 27.3 Å². The van der Waals surface area contributed by atoms with Crippen LogP contribution in [0, 0.1) is 13.8 Å². The van der Waals surface area contributed by atoms with Crippen LogP contribution in [0.4, 0.5) is 11.4 Å². The van der Waals surface area contributed by atoms with Gasteiger partial charge in [-0.1, -0.05) is 0 Å². The highest BCUT2D eigenvalue weighted by Gasteiger charge is 2.39. The minimum atomic E-state index is -3.78. The fraction of sp³-hybridized carbons (Fsp3) is 0.375. The van der Waals surface area contributed by atoms with Crippen molar-refractivity contribution in [1.82, 2.24) is 9.78 Å². The Morgan fingerprint density at radius 2 is 1.92 bits per heavy atom. The molecule has 1 amide bonds. The molecule has 0 spiro atoms. The van der Waals surface area contributed by atoms with Gasteiger partial charge in [0, 0.05) is 12.7 Å². The fourth-order valence-corrected chi connectivity index (χ4v) is 4.03. The van der Waals surface area contributed by atoms with Gasteiger partial charge in [0.15, 0.2) is 0 Å². The smallest absolute Gasteiger partial charge is 0.262 e. The summed E-state index contributed by atoms with van der Waals surface area (Å²) in [6, 6.07) is 4.67. The summed E-state index contributed by atoms with van der Waals surface area (Å²) in [7, 11) is -2.02. The Balaban J connectivity index is 2.03. The number of aryl methyl sites for hydroxylation is 2. The normalized spacial score (nSPS) is 16.0. The summed E-state index contributed by atoms with van der Waals surface area (Å²) in [5.41, 5.74) is 2.38. The minimum absolute atomic E-state index is 0.119. The molecule has 1 aliphatic rings. The van der Waals surface area contributed by atoms with Crippen molar-refractivity contribution in [3.63, 3.8) is 0 Å². The predicted molar refractivity (Wildman–Crippen MR) is 91.6 cm³/mol. The molecule has 2 N–H and O–H groups in total. The quantitative estimate of drug-likeness (QED) is 0.888. The van der Waals surface area contributed by atoms with Gasteiger partial charge in [0.25, 0.3) is 10.0 Å². The molecule has 0 bridgehead atoms. The van der Waals surface area contributed by atoms with E-state index < -0.39 is 15.4 Å². The van der Waals surface area contributed by atoms with E-state index in [1.54, 1.807) is 51.6 Å². The Morgan fingerprint density at radius 1 is 1.25 bits per heavy atom. The standard InChI is InChI=1S/C16H20N4O3S/c1-9-14(10(2)20(5)18-9)19-24(22,23)11-6-7-13-12(8-11)16(3,4)15(21)17-13/h6-8,19H,1-5H3,(H,17,21). The number of benzene rings is 1. The first-order valence-electron chi connectivity index (χ1n) is 7.53. The molecule has 7 nitrogen and oxygen atoms in total. The molecule has 0 aliphatic carbocycles. The second kappa shape index (κ2) is 5.07. The van der Waals surface area contributed by atoms with Gasteiger partial charge in [0.2, 0.25) is 5.91 Å². The molecule has 8 heteroatoms. The van der Waals surface area contributed by atoms with E-state index in [1.807, 2.05) is 0 Å². The maximum Gasteiger partial charge on any atom is 0.262 e. The van der Waals surface area contributed by atoms with Crippen molar-refractivity contribution in [2.24, 2.45) is 7.05 Å². The molecule has 2 heterocycles. The van der Waals surface area contributed by atoms with Gasteiger partial charge >= 0.3 is 0 Å². The second-order valence-corrected chi connectivity index (χ2v) is 8.24. The van der Waals surface area contributed by atoms with Crippen LogP contribution in [0.25, 0.3) is 0 Å². The van der Waals surface area contributed by atoms with Gasteiger partial charge in [0.1, 0.15) is 0 Å². The largest absolute Gasteiger partial charge is 0.325 e. The zero-order chi connectivity index (χ0) is 17.9. The summed E-state index contributed by atoms with van der Waals surface area (Å²) in [6.45, 7) is 7.09. The Morgan fingerprint density at radius 3 is 2.50 bits per heavy atom. The lowest BCUT2D eigenvalue weighted by atomic mass is 9.86. The summed E-state index contributed by atoms with van der Waals surface area (Å²) < 4.78 is 29.7. The van der Waals surface area contributed by atoms with E-state index in [4.69, 9.17) is 0 Å². The van der Waals surface area contributed by atoms with Gasteiger partial charge in [0.05, 0.1) is 27.4 Å². The third-order valence-electron chi connectivity index (χ3n) is 4.54. The van der Waals surface area contributed by atoms with Crippen LogP contribution in [0.1, 0.15) is 30.8 Å². The van der Waals surface area contributed by atoms with Crippen LogP contribution in [0.15, 0.2) is 23.1 Å². The maximum absolute atomic E-state index is 12.8. The molecular weight excluding hydrogens is 328 g/mol. The average molecular weight is 348 g/mol. The summed E-state index contributed by atoms with van der Waals surface area (Å²) in [5.74, 6) is -0.140. The van der Waals surface area contributed by atoms with Crippen molar-refractivity contribution in [1.29, 1.82) is 0 Å². The van der Waals surface area contributed by atoms with E-state index in [2.05, 4.69) is 15.1 Å². The third kappa shape index (κ3) is 2.37. The minimum Gasteiger partial charge on any atom is -0.325 e. The molecule has 0 radical (unpaired) electrons. The van der Waals surface area contributed by atoms with Crippen molar-refractivity contribution in [2.75, 3.05) is 10.0 Å². The number of anilines is 2. The molecule has 0 atom stereocenters. The van der Waals surface area contributed by atoms with Crippen molar-refractivity contribution in [3.8, 4) is 0 Å². The number of sulfonamides is 1. The highest BCUT2D eigenvalue weighted by molar-refractivity contribution is 7.92. The van der Waals surface area contributed by atoms with Crippen LogP contribution >= 0.6 is 0 Å². The highest BCUT2D eigenvalue weighted by Crippen LogP contribution is 2.38. The van der Waals surface area contributed by atoms with Gasteiger partial charge in [-0.25, -0.2) is 8.42 Å². The summed E-state index contributed by atoms with van der Waals surface area (Å²) in [4.78, 5) is 12.1. The molecule has 1 aliphatic heterocycles. The number of hydrogen-bond acceptors (Lipinski definition) is 4. The molecule has 24 heavy (non-hydrogen) atoms. The topological polar surface area (TPSA) is 93.1 Å². The van der Waals surface area contributed by atoms with Crippen LogP contribution in [-0.4, -0.2) is 24.1 Å². The molecule has 0 saturated carbocycles. The third-order valence-corrected chi connectivity index (χ3v) is 5.88. The lowest BCUT2D eigenvalue weighted by molar-refractivity contribution is -0.119. The first kappa shape index (κ1) is 16.5. The number of rotatable bonds is 3. The Kier molecular flexibility index (Phi) is 3.49. The number of carbonyl (C=O) groups is 1. The number of amides is 1. The first-order valence-corrected chi connectivity index (χ1v) is 9.01. The Labute approximate surface area is 141 Å². The van der Waals surface area contributed by atoms with E-state index in [-0.39, 0.29) is 10.8 Å². The van der Waals surface area contributed by atoms with E-state index in [9.17, 15) is 13.2 Å². The van der Waals surface area contributed by atoms with Gasteiger partial charge in [-0.05, 0) is 51.5 Å². The lowest BCUT2D eigenvalue weighted by Crippen LogP contribution is -2.27. The lowest BCUT2D eigenvalue weighted by Gasteiger charge is -2.16. The number of nitrogens with one attached hydrogen (secondary N) is 2. The number of fused-ring (bicyclic) bond motifs is 1. The van der Waals surface area contributed by atoms with Crippen molar-refractivity contribution in [2.45, 2.75) is 38.0 Å². The van der Waals surface area contributed by atoms with Crippen molar-refractivity contribution in [3.05, 3.63) is 35.2 Å². The summed E-state index contributed by atoms with van der Waals surface area (Å²) in [5, 5.41) is 6.98. The Bertz CT molecular complexity index is 958. The molecule has 3 rings (SSSR count). The molecule has 1 aromatic carbocycles. The van der Waals surface area contributed by atoms with Gasteiger partial charge in [-0.2, -0.15) is 5.10 Å². The monoisotopic (exact) mass is 348 g/mol. The SMILES string of the molecule is Cc1nn(C)c(C)c1NS(=O)(=O)c1ccc2c(c1)C(C)(C)C(=O)N2. The second-order valence-electron chi connectivity index (χ2n) is 6.56. The average Bonchev–Trinajstić information content (AvgIpc) is 2.86. The maximum atomic E-state index is 12.8. The first-order chi connectivity index (χ1) is 11.0. The van der Waals surface area contributed by atoms with Crippen LogP contribution in [0.5, 0.6) is 0 Å².